The molecule has 0 aliphatic heterocycles. The molecule has 0 heterocycles. The molecule has 17 heavy (non-hydrogen) atoms. The summed E-state index contributed by atoms with van der Waals surface area (Å²) < 4.78 is 5.26. The molecule has 0 fully saturated rings. The summed E-state index contributed by atoms with van der Waals surface area (Å²) in [4.78, 5) is 0. The van der Waals surface area contributed by atoms with Gasteiger partial charge in [-0.3, -0.25) is 0 Å². The fourth-order valence-electron chi connectivity index (χ4n) is 1.76. The van der Waals surface area contributed by atoms with Gasteiger partial charge in [0, 0.05) is 12.1 Å². The van der Waals surface area contributed by atoms with Crippen LogP contribution in [0.2, 0.25) is 0 Å². The van der Waals surface area contributed by atoms with Gasteiger partial charge in [0.25, 0.3) is 0 Å². The summed E-state index contributed by atoms with van der Waals surface area (Å²) in [6.07, 6.45) is 1.79. The lowest BCUT2D eigenvalue weighted by atomic mass is 10.1. The Labute approximate surface area is 104 Å². The van der Waals surface area contributed by atoms with Crippen LogP contribution in [-0.2, 0) is 0 Å². The first-order valence-electron chi connectivity index (χ1n) is 6.22. The van der Waals surface area contributed by atoms with E-state index in [1.807, 2.05) is 25.1 Å². The number of hydrogen-bond acceptors (Lipinski definition) is 3. The maximum absolute atomic E-state index is 10.1. The summed E-state index contributed by atoms with van der Waals surface area (Å²) >= 11 is 0. The minimum Gasteiger partial charge on any atom is -0.496 e. The van der Waals surface area contributed by atoms with Gasteiger partial charge in [0.05, 0.1) is 13.2 Å². The smallest absolute Gasteiger partial charge is 0.124 e. The Morgan fingerprint density at radius 3 is 2.82 bits per heavy atom. The number of aryl methyl sites for hydroxylation is 1. The van der Waals surface area contributed by atoms with Crippen molar-refractivity contribution in [1.29, 1.82) is 0 Å². The van der Waals surface area contributed by atoms with Crippen LogP contribution in [0.3, 0.4) is 0 Å². The molecule has 0 saturated heterocycles. The largest absolute Gasteiger partial charge is 0.496 e. The third kappa shape index (κ3) is 4.36. The zero-order chi connectivity index (χ0) is 12.7. The van der Waals surface area contributed by atoms with Crippen LogP contribution in [0.25, 0.3) is 0 Å². The van der Waals surface area contributed by atoms with Crippen molar-refractivity contribution in [1.82, 2.24) is 5.32 Å². The number of hydrogen-bond donors (Lipinski definition) is 2. The van der Waals surface area contributed by atoms with Gasteiger partial charge in [0.15, 0.2) is 0 Å². The van der Waals surface area contributed by atoms with Crippen molar-refractivity contribution in [3.63, 3.8) is 0 Å². The number of methoxy groups -OCH3 is 1. The van der Waals surface area contributed by atoms with E-state index < -0.39 is 6.10 Å². The van der Waals surface area contributed by atoms with Gasteiger partial charge in [-0.1, -0.05) is 25.0 Å². The predicted molar refractivity (Wildman–Crippen MR) is 70.5 cm³/mol. The predicted octanol–water partition coefficient (Wildman–Crippen LogP) is 2.43. The van der Waals surface area contributed by atoms with Crippen molar-refractivity contribution >= 4 is 0 Å². The molecule has 1 rings (SSSR count). The molecule has 0 radical (unpaired) electrons. The number of ether oxygens (including phenoxy) is 1. The number of aliphatic hydroxyl groups excluding tert-OH is 1. The molecule has 1 unspecified atom stereocenters. The molecule has 0 spiro atoms. The highest BCUT2D eigenvalue weighted by Crippen LogP contribution is 2.25. The average molecular weight is 237 g/mol. The normalized spacial score (nSPS) is 12.5. The summed E-state index contributed by atoms with van der Waals surface area (Å²) in [7, 11) is 1.63. The van der Waals surface area contributed by atoms with Crippen molar-refractivity contribution in [3.05, 3.63) is 29.3 Å². The lowest BCUT2D eigenvalue weighted by Crippen LogP contribution is -2.22. The molecule has 0 aliphatic carbocycles. The molecular weight excluding hydrogens is 214 g/mol. The molecule has 1 aromatic rings. The second-order valence-electron chi connectivity index (χ2n) is 4.32. The summed E-state index contributed by atoms with van der Waals surface area (Å²) in [5.41, 5.74) is 1.99. The second kappa shape index (κ2) is 7.30. The van der Waals surface area contributed by atoms with Gasteiger partial charge in [-0.2, -0.15) is 0 Å². The zero-order valence-electron chi connectivity index (χ0n) is 11.0. The van der Waals surface area contributed by atoms with E-state index in [4.69, 9.17) is 4.74 Å². The topological polar surface area (TPSA) is 41.5 Å². The SMILES string of the molecule is CCCCNCC(O)c1cc(C)ccc1OC. The molecule has 0 saturated carbocycles. The molecule has 2 N–H and O–H groups in total. The Morgan fingerprint density at radius 2 is 2.18 bits per heavy atom. The van der Waals surface area contributed by atoms with Crippen LogP contribution in [0.15, 0.2) is 18.2 Å². The molecule has 0 amide bonds. The highest BCUT2D eigenvalue weighted by Gasteiger charge is 2.12. The molecule has 96 valence electrons. The fraction of sp³-hybridized carbons (Fsp3) is 0.571. The number of nitrogens with one attached hydrogen (secondary N) is 1. The molecule has 1 atom stereocenters. The van der Waals surface area contributed by atoms with E-state index in [9.17, 15) is 5.11 Å². The Balaban J connectivity index is 2.60. The summed E-state index contributed by atoms with van der Waals surface area (Å²) in [6.45, 7) is 5.68. The minimum absolute atomic E-state index is 0.512. The first-order chi connectivity index (χ1) is 8.19. The zero-order valence-corrected chi connectivity index (χ0v) is 11.0. The van der Waals surface area contributed by atoms with Gasteiger partial charge in [-0.25, -0.2) is 0 Å². The second-order valence-corrected chi connectivity index (χ2v) is 4.32. The average Bonchev–Trinajstić information content (AvgIpc) is 2.34. The van der Waals surface area contributed by atoms with Crippen LogP contribution in [-0.4, -0.2) is 25.3 Å². The van der Waals surface area contributed by atoms with Crippen LogP contribution in [0, 0.1) is 6.92 Å². The highest BCUT2D eigenvalue weighted by atomic mass is 16.5. The lowest BCUT2D eigenvalue weighted by Gasteiger charge is -2.16. The quantitative estimate of drug-likeness (QED) is 0.716. The Hall–Kier alpha value is -1.06. The molecular formula is C14H23NO2. The molecule has 1 aromatic carbocycles. The van der Waals surface area contributed by atoms with Gasteiger partial charge < -0.3 is 15.2 Å². The van der Waals surface area contributed by atoms with Crippen molar-refractivity contribution in [3.8, 4) is 5.75 Å². The maximum atomic E-state index is 10.1. The Morgan fingerprint density at radius 1 is 1.41 bits per heavy atom. The first kappa shape index (κ1) is 14.0. The van der Waals surface area contributed by atoms with Crippen LogP contribution in [0.1, 0.15) is 37.0 Å². The van der Waals surface area contributed by atoms with E-state index in [-0.39, 0.29) is 0 Å². The van der Waals surface area contributed by atoms with Crippen LogP contribution in [0.4, 0.5) is 0 Å². The van der Waals surface area contributed by atoms with E-state index in [0.717, 1.165) is 36.3 Å². The number of benzene rings is 1. The summed E-state index contributed by atoms with van der Waals surface area (Å²) in [5, 5.41) is 13.4. The number of unbranched alkanes of at least 4 members (excludes halogenated alkanes) is 1. The summed E-state index contributed by atoms with van der Waals surface area (Å²) in [6, 6.07) is 5.87. The highest BCUT2D eigenvalue weighted by molar-refractivity contribution is 5.38. The van der Waals surface area contributed by atoms with Gasteiger partial charge in [-0.15, -0.1) is 0 Å². The maximum Gasteiger partial charge on any atom is 0.124 e. The molecule has 0 aliphatic rings. The van der Waals surface area contributed by atoms with E-state index >= 15 is 0 Å². The standard InChI is InChI=1S/C14H23NO2/c1-4-5-8-15-10-13(16)12-9-11(2)6-7-14(12)17-3/h6-7,9,13,15-16H,4-5,8,10H2,1-3H3. The molecule has 0 aromatic heterocycles. The third-order valence-electron chi connectivity index (χ3n) is 2.79. The van der Waals surface area contributed by atoms with Gasteiger partial charge in [0.1, 0.15) is 5.75 Å². The van der Waals surface area contributed by atoms with Gasteiger partial charge >= 0.3 is 0 Å². The monoisotopic (exact) mass is 237 g/mol. The van der Waals surface area contributed by atoms with Crippen LogP contribution in [0.5, 0.6) is 5.75 Å². The fourth-order valence-corrected chi connectivity index (χ4v) is 1.76. The van der Waals surface area contributed by atoms with E-state index in [1.165, 1.54) is 0 Å². The van der Waals surface area contributed by atoms with Crippen LogP contribution < -0.4 is 10.1 Å². The summed E-state index contributed by atoms with van der Waals surface area (Å²) in [5.74, 6) is 0.750. The lowest BCUT2D eigenvalue weighted by molar-refractivity contribution is 0.170. The first-order valence-corrected chi connectivity index (χ1v) is 6.22. The van der Waals surface area contributed by atoms with Gasteiger partial charge in [0.2, 0.25) is 0 Å². The Kier molecular flexibility index (Phi) is 6.01. The number of rotatable bonds is 7. The molecule has 0 bridgehead atoms. The van der Waals surface area contributed by atoms with Crippen LogP contribution >= 0.6 is 0 Å². The van der Waals surface area contributed by atoms with Crippen molar-refractivity contribution in [2.45, 2.75) is 32.8 Å². The van der Waals surface area contributed by atoms with E-state index in [0.29, 0.717) is 6.54 Å². The van der Waals surface area contributed by atoms with Crippen molar-refractivity contribution in [2.75, 3.05) is 20.2 Å². The van der Waals surface area contributed by atoms with E-state index in [1.54, 1.807) is 7.11 Å². The van der Waals surface area contributed by atoms with E-state index in [2.05, 4.69) is 12.2 Å². The van der Waals surface area contributed by atoms with Crippen molar-refractivity contribution < 1.29 is 9.84 Å². The molecule has 3 heteroatoms. The van der Waals surface area contributed by atoms with Crippen molar-refractivity contribution in [2.24, 2.45) is 0 Å². The minimum atomic E-state index is -0.512. The third-order valence-corrected chi connectivity index (χ3v) is 2.79. The molecule has 3 nitrogen and oxygen atoms in total. The number of aliphatic hydroxyl groups is 1. The Bertz CT molecular complexity index is 339. The van der Waals surface area contributed by atoms with Gasteiger partial charge in [-0.05, 0) is 32.0 Å².